The first kappa shape index (κ1) is 35.7. The summed E-state index contributed by atoms with van der Waals surface area (Å²) < 4.78 is 11.8. The van der Waals surface area contributed by atoms with Crippen molar-refractivity contribution in [1.82, 2.24) is 9.80 Å². The number of rotatable bonds is 16. The minimum Gasteiger partial charge on any atom is -0.481 e. The van der Waals surface area contributed by atoms with Gasteiger partial charge in [-0.1, -0.05) is 74.5 Å². The molecule has 10 heteroatoms. The van der Waals surface area contributed by atoms with Gasteiger partial charge in [-0.2, -0.15) is 0 Å². The summed E-state index contributed by atoms with van der Waals surface area (Å²) in [5, 5.41) is 20.3. The number of carbonyl (C=O) groups excluding carboxylic acids is 2. The van der Waals surface area contributed by atoms with E-state index < -0.39 is 47.4 Å². The average Bonchev–Trinajstić information content (AvgIpc) is 3.09. The fourth-order valence-electron chi connectivity index (χ4n) is 6.49. The molecule has 0 saturated heterocycles. The molecule has 4 aromatic rings. The standard InChI is InChI=1S/C40H42N2O8/c1-3-23-41(25-27-15-19-31(20-16-27)49-29-11-7-5-8-12-29)37(43)33-34(36(40(47)48)35(33)39(45)46)38(44)42(24-4-2)26-28-17-21-32(22-18-28)50-30-13-9-6-10-14-30/h5-22,33-36H,3-4,23-26H2,1-2H3,(H,45,46)(H,47,48)/t33-,34-,35-,36+/m1/s1. The van der Waals surface area contributed by atoms with Gasteiger partial charge in [0.2, 0.25) is 11.8 Å². The van der Waals surface area contributed by atoms with E-state index in [1.807, 2.05) is 98.8 Å². The van der Waals surface area contributed by atoms with E-state index in [1.165, 1.54) is 9.80 Å². The molecule has 4 aromatic carbocycles. The van der Waals surface area contributed by atoms with Crippen LogP contribution in [0.1, 0.15) is 37.8 Å². The summed E-state index contributed by atoms with van der Waals surface area (Å²) in [5.41, 5.74) is 1.56. The number of carbonyl (C=O) groups is 4. The fraction of sp³-hybridized carbons (Fsp3) is 0.300. The molecule has 0 heterocycles. The summed E-state index contributed by atoms with van der Waals surface area (Å²) in [4.78, 5) is 56.4. The van der Waals surface area contributed by atoms with Crippen LogP contribution in [0, 0.1) is 23.7 Å². The number of carboxylic acids is 2. The van der Waals surface area contributed by atoms with Crippen molar-refractivity contribution in [3.05, 3.63) is 120 Å². The number of aliphatic carboxylic acids is 2. The SMILES string of the molecule is CCCN(Cc1ccc(Oc2ccccc2)cc1)C(=O)[C@H]1[C@H](C(=O)O)[C@H](C(=O)O)[C@@H]1C(=O)N(CCC)Cc1ccc(Oc2ccccc2)cc1. The van der Waals surface area contributed by atoms with Crippen LogP contribution in [0.3, 0.4) is 0 Å². The van der Waals surface area contributed by atoms with Crippen molar-refractivity contribution < 1.29 is 38.9 Å². The van der Waals surface area contributed by atoms with Gasteiger partial charge in [-0.25, -0.2) is 0 Å². The zero-order valence-electron chi connectivity index (χ0n) is 28.2. The molecule has 2 N–H and O–H groups in total. The molecule has 2 amide bonds. The lowest BCUT2D eigenvalue weighted by Crippen LogP contribution is -2.64. The number of hydrogen-bond acceptors (Lipinski definition) is 6. The molecule has 5 rings (SSSR count). The molecule has 0 radical (unpaired) electrons. The second-order valence-electron chi connectivity index (χ2n) is 12.4. The minimum atomic E-state index is -1.53. The van der Waals surface area contributed by atoms with Crippen LogP contribution in [0.4, 0.5) is 0 Å². The van der Waals surface area contributed by atoms with Crippen LogP contribution < -0.4 is 9.47 Å². The number of nitrogens with zero attached hydrogens (tertiary/aromatic N) is 2. The largest absolute Gasteiger partial charge is 0.481 e. The molecular formula is C40H42N2O8. The summed E-state index contributed by atoms with van der Waals surface area (Å²) in [7, 11) is 0. The molecule has 1 aliphatic carbocycles. The Labute approximate surface area is 291 Å². The summed E-state index contributed by atoms with van der Waals surface area (Å²) in [6.07, 6.45) is 1.16. The maximum absolute atomic E-state index is 14.2. The zero-order chi connectivity index (χ0) is 35.6. The van der Waals surface area contributed by atoms with E-state index >= 15 is 0 Å². The van der Waals surface area contributed by atoms with E-state index in [9.17, 15) is 29.4 Å². The topological polar surface area (TPSA) is 134 Å². The smallest absolute Gasteiger partial charge is 0.308 e. The van der Waals surface area contributed by atoms with Crippen molar-refractivity contribution in [3.8, 4) is 23.0 Å². The fourth-order valence-corrected chi connectivity index (χ4v) is 6.49. The third kappa shape index (κ3) is 8.49. The molecule has 4 atom stereocenters. The van der Waals surface area contributed by atoms with E-state index in [2.05, 4.69) is 0 Å². The number of carboxylic acid groups (broad SMARTS) is 2. The Kier molecular flexibility index (Phi) is 11.9. The van der Waals surface area contributed by atoms with Gasteiger partial charge < -0.3 is 29.5 Å². The van der Waals surface area contributed by atoms with Crippen molar-refractivity contribution in [2.75, 3.05) is 13.1 Å². The van der Waals surface area contributed by atoms with Gasteiger partial charge in [0.15, 0.2) is 0 Å². The molecule has 1 aliphatic rings. The molecule has 0 aliphatic heterocycles. The van der Waals surface area contributed by atoms with Crippen molar-refractivity contribution in [2.24, 2.45) is 23.7 Å². The third-order valence-corrected chi connectivity index (χ3v) is 8.85. The van der Waals surface area contributed by atoms with E-state index in [0.717, 1.165) is 11.1 Å². The maximum Gasteiger partial charge on any atom is 0.308 e. The second kappa shape index (κ2) is 16.6. The van der Waals surface area contributed by atoms with Crippen LogP contribution in [0.5, 0.6) is 23.0 Å². The molecule has 1 saturated carbocycles. The lowest BCUT2D eigenvalue weighted by molar-refractivity contribution is -0.187. The van der Waals surface area contributed by atoms with Crippen LogP contribution >= 0.6 is 0 Å². The minimum absolute atomic E-state index is 0.163. The Balaban J connectivity index is 1.35. The van der Waals surface area contributed by atoms with E-state index in [1.54, 1.807) is 24.3 Å². The highest BCUT2D eigenvalue weighted by Crippen LogP contribution is 2.49. The Morgan fingerprint density at radius 3 is 1.12 bits per heavy atom. The molecule has 10 nitrogen and oxygen atoms in total. The first-order chi connectivity index (χ1) is 24.2. The van der Waals surface area contributed by atoms with Crippen LogP contribution in [-0.4, -0.2) is 56.9 Å². The monoisotopic (exact) mass is 678 g/mol. The maximum atomic E-state index is 14.2. The van der Waals surface area contributed by atoms with Crippen molar-refractivity contribution >= 4 is 23.8 Å². The molecule has 0 spiro atoms. The number of ether oxygens (including phenoxy) is 2. The van der Waals surface area contributed by atoms with Gasteiger partial charge >= 0.3 is 11.9 Å². The van der Waals surface area contributed by atoms with Gasteiger partial charge in [-0.15, -0.1) is 0 Å². The first-order valence-electron chi connectivity index (χ1n) is 16.9. The molecule has 1 fully saturated rings. The predicted octanol–water partition coefficient (Wildman–Crippen LogP) is 7.10. The van der Waals surface area contributed by atoms with E-state index in [-0.39, 0.29) is 13.1 Å². The highest BCUT2D eigenvalue weighted by atomic mass is 16.5. The molecule has 0 aromatic heterocycles. The second-order valence-corrected chi connectivity index (χ2v) is 12.4. The van der Waals surface area contributed by atoms with Gasteiger partial charge in [0.25, 0.3) is 0 Å². The van der Waals surface area contributed by atoms with E-state index in [4.69, 9.17) is 9.47 Å². The van der Waals surface area contributed by atoms with Crippen molar-refractivity contribution in [2.45, 2.75) is 39.8 Å². The van der Waals surface area contributed by atoms with Gasteiger partial charge in [0.05, 0.1) is 23.7 Å². The zero-order valence-corrected chi connectivity index (χ0v) is 28.2. The summed E-state index contributed by atoms with van der Waals surface area (Å²) in [5.74, 6) is -7.03. The van der Waals surface area contributed by atoms with E-state index in [0.29, 0.717) is 48.9 Å². The molecule has 260 valence electrons. The molecule has 0 unspecified atom stereocenters. The average molecular weight is 679 g/mol. The van der Waals surface area contributed by atoms with Gasteiger partial charge in [0, 0.05) is 26.2 Å². The van der Waals surface area contributed by atoms with Crippen LogP contribution in [0.2, 0.25) is 0 Å². The highest BCUT2D eigenvalue weighted by Gasteiger charge is 2.64. The van der Waals surface area contributed by atoms with Gasteiger partial charge in [0.1, 0.15) is 23.0 Å². The van der Waals surface area contributed by atoms with Gasteiger partial charge in [-0.05, 0) is 72.5 Å². The number of amides is 2. The van der Waals surface area contributed by atoms with Crippen molar-refractivity contribution in [1.29, 1.82) is 0 Å². The summed E-state index contributed by atoms with van der Waals surface area (Å²) in [6, 6.07) is 33.1. The molecule has 50 heavy (non-hydrogen) atoms. The number of benzene rings is 4. The Morgan fingerprint density at radius 2 is 0.820 bits per heavy atom. The quantitative estimate of drug-likeness (QED) is 0.128. The first-order valence-corrected chi connectivity index (χ1v) is 16.9. The predicted molar refractivity (Wildman–Crippen MR) is 187 cm³/mol. The van der Waals surface area contributed by atoms with Crippen molar-refractivity contribution in [3.63, 3.8) is 0 Å². The lowest BCUT2D eigenvalue weighted by atomic mass is 9.55. The Morgan fingerprint density at radius 1 is 0.500 bits per heavy atom. The van der Waals surface area contributed by atoms with Gasteiger partial charge in [-0.3, -0.25) is 19.2 Å². The normalized spacial score (nSPS) is 18.0. The summed E-state index contributed by atoms with van der Waals surface area (Å²) >= 11 is 0. The van der Waals surface area contributed by atoms with Crippen LogP contribution in [0.15, 0.2) is 109 Å². The van der Waals surface area contributed by atoms with Crippen LogP contribution in [-0.2, 0) is 32.3 Å². The Bertz CT molecular complexity index is 1620. The molecular weight excluding hydrogens is 636 g/mol. The van der Waals surface area contributed by atoms with Crippen LogP contribution in [0.25, 0.3) is 0 Å². The Hall–Kier alpha value is -5.64. The number of para-hydroxylation sites is 2. The lowest BCUT2D eigenvalue weighted by Gasteiger charge is -2.48. The number of hydrogen-bond donors (Lipinski definition) is 2. The highest BCUT2D eigenvalue weighted by molar-refractivity contribution is 5.99. The summed E-state index contributed by atoms with van der Waals surface area (Å²) in [6.45, 7) is 4.73. The molecule has 0 bridgehead atoms. The third-order valence-electron chi connectivity index (χ3n) is 8.85.